The molecule has 1 aliphatic rings. The average molecular weight is 302 g/mol. The number of carbonyl (C=O) groups is 1. The highest BCUT2D eigenvalue weighted by Gasteiger charge is 2.18. The molecule has 0 radical (unpaired) electrons. The first-order valence-electron chi connectivity index (χ1n) is 7.61. The lowest BCUT2D eigenvalue weighted by Gasteiger charge is -2.24. The molecular weight excluding hydrogens is 272 g/mol. The molecule has 1 fully saturated rings. The van der Waals surface area contributed by atoms with Gasteiger partial charge in [-0.05, 0) is 31.2 Å². The first kappa shape index (κ1) is 17.5. The zero-order valence-electron chi connectivity index (χ0n) is 13.1. The number of carbonyl (C=O) groups excluding carboxylic acids is 1. The van der Waals surface area contributed by atoms with Crippen molar-refractivity contribution >= 4 is 14.2 Å². The van der Waals surface area contributed by atoms with E-state index in [1.165, 1.54) is 0 Å². The predicted octanol–water partition coefficient (Wildman–Crippen LogP) is 2.19. The molecule has 0 aromatic rings. The van der Waals surface area contributed by atoms with Gasteiger partial charge < -0.3 is 20.5 Å². The maximum absolute atomic E-state index is 11.5. The molecule has 1 aliphatic heterocycles. The molecule has 1 amide bonds. The molecule has 6 heteroatoms. The Morgan fingerprint density at radius 2 is 2.05 bits per heavy atom. The molecule has 5 nitrogen and oxygen atoms in total. The number of nitrogens with two attached hydrogens (primary N) is 1. The van der Waals surface area contributed by atoms with E-state index in [0.29, 0.717) is 19.1 Å². The van der Waals surface area contributed by atoms with Crippen LogP contribution in [0, 0.1) is 5.92 Å². The third-order valence-electron chi connectivity index (χ3n) is 3.57. The minimum absolute atomic E-state index is 0.00245. The van der Waals surface area contributed by atoms with Crippen molar-refractivity contribution in [1.82, 2.24) is 5.32 Å². The molecule has 1 rings (SSSR count). The van der Waals surface area contributed by atoms with Gasteiger partial charge in [0.05, 0.1) is 6.61 Å². The van der Waals surface area contributed by atoms with Crippen molar-refractivity contribution in [3.63, 3.8) is 0 Å². The van der Waals surface area contributed by atoms with E-state index in [-0.39, 0.29) is 12.1 Å². The lowest BCUT2D eigenvalue weighted by atomic mass is 9.93. The lowest BCUT2D eigenvalue weighted by Crippen LogP contribution is -2.39. The summed E-state index contributed by atoms with van der Waals surface area (Å²) in [6.07, 6.45) is 2.76. The molecule has 0 spiro atoms. The molecule has 0 aromatic carbocycles. The quantitative estimate of drug-likeness (QED) is 0.707. The van der Waals surface area contributed by atoms with Gasteiger partial charge in [-0.3, -0.25) is 0 Å². The first-order valence-corrected chi connectivity index (χ1v) is 11.3. The smallest absolute Gasteiger partial charge is 0.407 e. The van der Waals surface area contributed by atoms with Gasteiger partial charge in [-0.25, -0.2) is 4.79 Å². The molecule has 20 heavy (non-hydrogen) atoms. The van der Waals surface area contributed by atoms with Crippen LogP contribution in [0.1, 0.15) is 19.3 Å². The van der Waals surface area contributed by atoms with Gasteiger partial charge in [-0.15, -0.1) is 0 Å². The zero-order valence-corrected chi connectivity index (χ0v) is 14.1. The minimum atomic E-state index is -1.14. The number of nitrogens with one attached hydrogen (secondary N) is 1. The number of alkyl carbamates (subject to hydrolysis) is 1. The van der Waals surface area contributed by atoms with Crippen molar-refractivity contribution in [1.29, 1.82) is 0 Å². The third-order valence-corrected chi connectivity index (χ3v) is 5.27. The maximum atomic E-state index is 11.5. The van der Waals surface area contributed by atoms with Gasteiger partial charge in [0.25, 0.3) is 0 Å². The van der Waals surface area contributed by atoms with Crippen molar-refractivity contribution in [3.8, 4) is 0 Å². The van der Waals surface area contributed by atoms with Crippen molar-refractivity contribution in [2.45, 2.75) is 51.0 Å². The molecule has 0 unspecified atom stereocenters. The highest BCUT2D eigenvalue weighted by molar-refractivity contribution is 6.76. The normalized spacial score (nSPS) is 18.6. The van der Waals surface area contributed by atoms with Gasteiger partial charge in [0.2, 0.25) is 0 Å². The summed E-state index contributed by atoms with van der Waals surface area (Å²) in [5, 5.41) is 2.76. The van der Waals surface area contributed by atoms with E-state index in [4.69, 9.17) is 15.2 Å². The fourth-order valence-electron chi connectivity index (χ4n) is 2.21. The van der Waals surface area contributed by atoms with Crippen LogP contribution >= 0.6 is 0 Å². The van der Waals surface area contributed by atoms with Crippen LogP contribution in [-0.4, -0.2) is 46.6 Å². The summed E-state index contributed by atoms with van der Waals surface area (Å²) in [5.74, 6) is 0.628. The summed E-state index contributed by atoms with van der Waals surface area (Å²) in [7, 11) is -1.14. The summed E-state index contributed by atoms with van der Waals surface area (Å²) in [4.78, 5) is 11.5. The van der Waals surface area contributed by atoms with Crippen LogP contribution in [0.15, 0.2) is 0 Å². The Balaban J connectivity index is 2.07. The van der Waals surface area contributed by atoms with Crippen LogP contribution in [0.5, 0.6) is 0 Å². The Labute approximate surface area is 123 Å². The first-order chi connectivity index (χ1) is 9.37. The molecule has 118 valence electrons. The molecule has 1 atom stereocenters. The Morgan fingerprint density at radius 3 is 2.65 bits per heavy atom. The summed E-state index contributed by atoms with van der Waals surface area (Å²) in [6.45, 7) is 9.46. The van der Waals surface area contributed by atoms with Crippen LogP contribution in [0.2, 0.25) is 25.7 Å². The number of rotatable bonds is 7. The fraction of sp³-hybridized carbons (Fsp3) is 0.929. The van der Waals surface area contributed by atoms with Crippen LogP contribution < -0.4 is 11.1 Å². The Morgan fingerprint density at radius 1 is 1.40 bits per heavy atom. The molecule has 1 heterocycles. The zero-order chi connectivity index (χ0) is 15.0. The van der Waals surface area contributed by atoms with E-state index in [1.54, 1.807) is 0 Å². The summed E-state index contributed by atoms with van der Waals surface area (Å²) < 4.78 is 10.5. The second kappa shape index (κ2) is 8.64. The number of amides is 1. The predicted molar refractivity (Wildman–Crippen MR) is 83.6 cm³/mol. The van der Waals surface area contributed by atoms with E-state index in [2.05, 4.69) is 25.0 Å². The average Bonchev–Trinajstić information content (AvgIpc) is 2.36. The number of ether oxygens (including phenoxy) is 2. The maximum Gasteiger partial charge on any atom is 0.407 e. The van der Waals surface area contributed by atoms with Gasteiger partial charge >= 0.3 is 6.09 Å². The monoisotopic (exact) mass is 302 g/mol. The molecular formula is C14H30N2O3Si. The Hall–Kier alpha value is -0.593. The van der Waals surface area contributed by atoms with Gasteiger partial charge in [-0.1, -0.05) is 19.6 Å². The van der Waals surface area contributed by atoms with Crippen molar-refractivity contribution in [2.75, 3.05) is 26.4 Å². The topological polar surface area (TPSA) is 73.6 Å². The molecule has 0 bridgehead atoms. The van der Waals surface area contributed by atoms with Crippen molar-refractivity contribution in [3.05, 3.63) is 0 Å². The molecule has 0 aromatic heterocycles. The number of hydrogen-bond donors (Lipinski definition) is 2. The van der Waals surface area contributed by atoms with Gasteiger partial charge in [0.15, 0.2) is 0 Å². The van der Waals surface area contributed by atoms with Gasteiger partial charge in [0, 0.05) is 33.9 Å². The molecule has 1 saturated heterocycles. The third kappa shape index (κ3) is 8.55. The highest BCUT2D eigenvalue weighted by Crippen LogP contribution is 2.19. The summed E-state index contributed by atoms with van der Waals surface area (Å²) >= 11 is 0. The summed E-state index contributed by atoms with van der Waals surface area (Å²) in [6, 6.07) is 0.997. The Bertz CT molecular complexity index is 289. The van der Waals surface area contributed by atoms with E-state index in [1.807, 2.05) is 0 Å². The van der Waals surface area contributed by atoms with E-state index >= 15 is 0 Å². The Kier molecular flexibility index (Phi) is 7.54. The molecule has 0 saturated carbocycles. The van der Waals surface area contributed by atoms with E-state index in [0.717, 1.165) is 38.5 Å². The van der Waals surface area contributed by atoms with E-state index in [9.17, 15) is 4.79 Å². The lowest BCUT2D eigenvalue weighted by molar-refractivity contribution is 0.0617. The van der Waals surface area contributed by atoms with Gasteiger partial charge in [0.1, 0.15) is 0 Å². The van der Waals surface area contributed by atoms with Crippen LogP contribution in [0.3, 0.4) is 0 Å². The molecule has 3 N–H and O–H groups in total. The van der Waals surface area contributed by atoms with Crippen molar-refractivity contribution < 1.29 is 14.3 Å². The van der Waals surface area contributed by atoms with Crippen LogP contribution in [-0.2, 0) is 9.47 Å². The summed E-state index contributed by atoms with van der Waals surface area (Å²) in [5.41, 5.74) is 6.05. The highest BCUT2D eigenvalue weighted by atomic mass is 28.3. The minimum Gasteiger partial charge on any atom is -0.450 e. The number of hydrogen-bond acceptors (Lipinski definition) is 4. The van der Waals surface area contributed by atoms with Crippen LogP contribution in [0.4, 0.5) is 4.79 Å². The largest absolute Gasteiger partial charge is 0.450 e. The molecule has 0 aliphatic carbocycles. The van der Waals surface area contributed by atoms with Gasteiger partial charge in [-0.2, -0.15) is 0 Å². The second-order valence-electron chi connectivity index (χ2n) is 6.88. The standard InChI is InChI=1S/C14H30N2O3Si/c1-20(2,3)9-8-19-14(17)16-11-13(15)10-12-4-6-18-7-5-12/h12-13H,4-11,15H2,1-3H3,(H,16,17)/t13-/m0/s1. The van der Waals surface area contributed by atoms with Crippen molar-refractivity contribution in [2.24, 2.45) is 11.7 Å². The van der Waals surface area contributed by atoms with Crippen LogP contribution in [0.25, 0.3) is 0 Å². The SMILES string of the molecule is C[Si](C)(C)CCOC(=O)NC[C@@H](N)CC1CCOCC1. The second-order valence-corrected chi connectivity index (χ2v) is 12.5. The van der Waals surface area contributed by atoms with E-state index < -0.39 is 8.07 Å². The fourth-order valence-corrected chi connectivity index (χ4v) is 2.92.